The Balaban J connectivity index is 1.86. The molecule has 5 nitrogen and oxygen atoms in total. The van der Waals surface area contributed by atoms with E-state index >= 15 is 0 Å². The van der Waals surface area contributed by atoms with Crippen LogP contribution < -0.4 is 0 Å². The maximum Gasteiger partial charge on any atom is 0.315 e. The summed E-state index contributed by atoms with van der Waals surface area (Å²) in [4.78, 5) is 27.2. The molecule has 0 unspecified atom stereocenters. The molecule has 1 heterocycles. The zero-order chi connectivity index (χ0) is 16.7. The molecule has 0 fully saturated rings. The summed E-state index contributed by atoms with van der Waals surface area (Å²) in [7, 11) is 1.35. The minimum absolute atomic E-state index is 0.227. The molecule has 1 aromatic heterocycles. The van der Waals surface area contributed by atoms with Crippen molar-refractivity contribution >= 4 is 34.6 Å². The fourth-order valence-electron chi connectivity index (χ4n) is 2.11. The van der Waals surface area contributed by atoms with Gasteiger partial charge in [-0.05, 0) is 19.1 Å². The molecule has 0 radical (unpaired) electrons. The van der Waals surface area contributed by atoms with E-state index in [1.807, 2.05) is 37.3 Å². The SMILES string of the molecule is COC(=O)CSCCC(=O)OCc1cc(C)nc2ccccc12. The van der Waals surface area contributed by atoms with Crippen LogP contribution in [0.25, 0.3) is 10.9 Å². The van der Waals surface area contributed by atoms with Gasteiger partial charge in [-0.25, -0.2) is 0 Å². The van der Waals surface area contributed by atoms with E-state index in [0.29, 0.717) is 5.75 Å². The smallest absolute Gasteiger partial charge is 0.315 e. The second-order valence-corrected chi connectivity index (χ2v) is 6.08. The van der Waals surface area contributed by atoms with Gasteiger partial charge in [-0.1, -0.05) is 18.2 Å². The summed E-state index contributed by atoms with van der Waals surface area (Å²) in [6.45, 7) is 2.14. The van der Waals surface area contributed by atoms with E-state index in [9.17, 15) is 9.59 Å². The number of esters is 2. The van der Waals surface area contributed by atoms with Gasteiger partial charge in [-0.2, -0.15) is 0 Å². The van der Waals surface area contributed by atoms with Crippen molar-refractivity contribution < 1.29 is 19.1 Å². The minimum atomic E-state index is -0.290. The van der Waals surface area contributed by atoms with Crippen molar-refractivity contribution in [2.75, 3.05) is 18.6 Å². The Hall–Kier alpha value is -2.08. The number of thioether (sulfide) groups is 1. The minimum Gasteiger partial charge on any atom is -0.468 e. The van der Waals surface area contributed by atoms with Gasteiger partial charge < -0.3 is 9.47 Å². The number of fused-ring (bicyclic) bond motifs is 1. The Morgan fingerprint density at radius 1 is 1.22 bits per heavy atom. The molecule has 2 aromatic rings. The van der Waals surface area contributed by atoms with Crippen LogP contribution in [0.4, 0.5) is 0 Å². The van der Waals surface area contributed by atoms with Crippen molar-refractivity contribution in [2.45, 2.75) is 20.0 Å². The molecule has 0 aliphatic carbocycles. The predicted octanol–water partition coefficient (Wildman–Crippen LogP) is 2.88. The molecule has 0 saturated heterocycles. The lowest BCUT2D eigenvalue weighted by Crippen LogP contribution is -2.08. The largest absolute Gasteiger partial charge is 0.468 e. The zero-order valence-electron chi connectivity index (χ0n) is 13.2. The molecule has 1 aromatic carbocycles. The number of nitrogens with zero attached hydrogens (tertiary/aromatic N) is 1. The van der Waals surface area contributed by atoms with Crippen LogP contribution in [0.5, 0.6) is 0 Å². The van der Waals surface area contributed by atoms with Crippen LogP contribution in [-0.2, 0) is 25.7 Å². The van der Waals surface area contributed by atoms with E-state index in [1.54, 1.807) is 0 Å². The zero-order valence-corrected chi connectivity index (χ0v) is 14.0. The Kier molecular flexibility index (Phi) is 6.40. The lowest BCUT2D eigenvalue weighted by atomic mass is 10.1. The van der Waals surface area contributed by atoms with Crippen molar-refractivity contribution in [3.63, 3.8) is 0 Å². The van der Waals surface area contributed by atoms with E-state index in [-0.39, 0.29) is 30.7 Å². The van der Waals surface area contributed by atoms with Crippen molar-refractivity contribution in [1.82, 2.24) is 4.98 Å². The Labute approximate surface area is 139 Å². The Bertz CT molecular complexity index is 702. The van der Waals surface area contributed by atoms with Gasteiger partial charge in [0.1, 0.15) is 6.61 Å². The lowest BCUT2D eigenvalue weighted by Gasteiger charge is -2.09. The number of para-hydroxylation sites is 1. The molecule has 0 aliphatic rings. The third kappa shape index (κ3) is 5.25. The maximum absolute atomic E-state index is 11.8. The van der Waals surface area contributed by atoms with Gasteiger partial charge in [0.05, 0.1) is 24.8 Å². The number of pyridine rings is 1. The second kappa shape index (κ2) is 8.53. The average molecular weight is 333 g/mol. The highest BCUT2D eigenvalue weighted by Crippen LogP contribution is 2.19. The standard InChI is InChI=1S/C17H19NO4S/c1-12-9-13(14-5-3-4-6-15(14)18-12)10-22-16(19)7-8-23-11-17(20)21-2/h3-6,9H,7-8,10-11H2,1-2H3. The van der Waals surface area contributed by atoms with Gasteiger partial charge >= 0.3 is 11.9 Å². The number of aromatic nitrogens is 1. The number of carbonyl (C=O) groups is 2. The van der Waals surface area contributed by atoms with Crippen LogP contribution in [0.15, 0.2) is 30.3 Å². The number of methoxy groups -OCH3 is 1. The van der Waals surface area contributed by atoms with Gasteiger partial charge in [0, 0.05) is 22.4 Å². The molecule has 0 spiro atoms. The summed E-state index contributed by atoms with van der Waals surface area (Å²) >= 11 is 1.36. The first kappa shape index (κ1) is 17.3. The van der Waals surface area contributed by atoms with E-state index in [4.69, 9.17) is 4.74 Å². The van der Waals surface area contributed by atoms with E-state index in [1.165, 1.54) is 18.9 Å². The van der Waals surface area contributed by atoms with Crippen LogP contribution >= 0.6 is 11.8 Å². The fraction of sp³-hybridized carbons (Fsp3) is 0.353. The topological polar surface area (TPSA) is 65.5 Å². The highest BCUT2D eigenvalue weighted by atomic mass is 32.2. The van der Waals surface area contributed by atoms with Crippen LogP contribution in [0.2, 0.25) is 0 Å². The van der Waals surface area contributed by atoms with Crippen molar-refractivity contribution in [2.24, 2.45) is 0 Å². The number of benzene rings is 1. The van der Waals surface area contributed by atoms with E-state index in [0.717, 1.165) is 22.2 Å². The molecule has 0 bridgehead atoms. The number of hydrogen-bond acceptors (Lipinski definition) is 6. The number of carbonyl (C=O) groups excluding carboxylic acids is 2. The molecular formula is C17H19NO4S. The molecule has 0 atom stereocenters. The monoisotopic (exact) mass is 333 g/mol. The summed E-state index contributed by atoms with van der Waals surface area (Å²) in [5.74, 6) is 0.213. The quantitative estimate of drug-likeness (QED) is 0.573. The molecule has 122 valence electrons. The van der Waals surface area contributed by atoms with Gasteiger partial charge in [0.15, 0.2) is 0 Å². The van der Waals surface area contributed by atoms with E-state index < -0.39 is 0 Å². The molecule has 2 rings (SSSR count). The normalized spacial score (nSPS) is 10.5. The highest BCUT2D eigenvalue weighted by Gasteiger charge is 2.08. The molecule has 0 aliphatic heterocycles. The Morgan fingerprint density at radius 2 is 2.00 bits per heavy atom. The third-order valence-electron chi connectivity index (χ3n) is 3.22. The summed E-state index contributed by atoms with van der Waals surface area (Å²) in [5, 5.41) is 0.992. The predicted molar refractivity (Wildman–Crippen MR) is 90.2 cm³/mol. The molecule has 0 N–H and O–H groups in total. The number of hydrogen-bond donors (Lipinski definition) is 0. The second-order valence-electron chi connectivity index (χ2n) is 4.98. The highest BCUT2D eigenvalue weighted by molar-refractivity contribution is 7.99. The third-order valence-corrected chi connectivity index (χ3v) is 4.15. The van der Waals surface area contributed by atoms with Gasteiger partial charge in [0.25, 0.3) is 0 Å². The van der Waals surface area contributed by atoms with Crippen molar-refractivity contribution in [3.05, 3.63) is 41.6 Å². The molecular weight excluding hydrogens is 314 g/mol. The van der Waals surface area contributed by atoms with Crippen molar-refractivity contribution in [1.29, 1.82) is 0 Å². The Morgan fingerprint density at radius 3 is 2.78 bits per heavy atom. The molecule has 0 saturated carbocycles. The summed E-state index contributed by atoms with van der Waals surface area (Å²) in [6.07, 6.45) is 0.268. The van der Waals surface area contributed by atoms with E-state index in [2.05, 4.69) is 9.72 Å². The lowest BCUT2D eigenvalue weighted by molar-refractivity contribution is -0.144. The first-order valence-electron chi connectivity index (χ1n) is 7.25. The average Bonchev–Trinajstić information content (AvgIpc) is 2.56. The van der Waals surface area contributed by atoms with Gasteiger partial charge in [-0.3, -0.25) is 14.6 Å². The van der Waals surface area contributed by atoms with Gasteiger partial charge in [0.2, 0.25) is 0 Å². The first-order valence-corrected chi connectivity index (χ1v) is 8.41. The van der Waals surface area contributed by atoms with Crippen LogP contribution in [-0.4, -0.2) is 35.5 Å². The fourth-order valence-corrected chi connectivity index (χ4v) is 2.85. The van der Waals surface area contributed by atoms with Crippen LogP contribution in [0, 0.1) is 6.92 Å². The number of ether oxygens (including phenoxy) is 2. The first-order chi connectivity index (χ1) is 11.1. The van der Waals surface area contributed by atoms with Gasteiger partial charge in [-0.15, -0.1) is 11.8 Å². The molecule has 6 heteroatoms. The maximum atomic E-state index is 11.8. The summed E-state index contributed by atoms with van der Waals surface area (Å²) in [6, 6.07) is 9.72. The van der Waals surface area contributed by atoms with Crippen LogP contribution in [0.3, 0.4) is 0 Å². The number of rotatable bonds is 7. The molecule has 23 heavy (non-hydrogen) atoms. The summed E-state index contributed by atoms with van der Waals surface area (Å²) in [5.41, 5.74) is 2.74. The summed E-state index contributed by atoms with van der Waals surface area (Å²) < 4.78 is 9.86. The van der Waals surface area contributed by atoms with Crippen LogP contribution in [0.1, 0.15) is 17.7 Å². The number of aryl methyl sites for hydroxylation is 1. The molecule has 0 amide bonds. The van der Waals surface area contributed by atoms with Crippen molar-refractivity contribution in [3.8, 4) is 0 Å².